The lowest BCUT2D eigenvalue weighted by molar-refractivity contribution is 0.336. The number of para-hydroxylation sites is 1. The molecule has 2 aromatic carbocycles. The molecule has 9 heteroatoms. The van der Waals surface area contributed by atoms with Crippen LogP contribution in [0.2, 0.25) is 0 Å². The van der Waals surface area contributed by atoms with E-state index in [0.29, 0.717) is 36.8 Å². The Hall–Kier alpha value is -1.88. The zero-order valence-electron chi connectivity index (χ0n) is 17.4. The maximum Gasteiger partial charge on any atom is 0.191 e. The van der Waals surface area contributed by atoms with Crippen molar-refractivity contribution in [2.24, 2.45) is 4.99 Å². The number of hydrogen-bond acceptors (Lipinski definition) is 4. The highest BCUT2D eigenvalue weighted by molar-refractivity contribution is 14.0. The monoisotopic (exact) mass is 549 g/mol. The summed E-state index contributed by atoms with van der Waals surface area (Å²) in [4.78, 5) is 4.50. The summed E-state index contributed by atoms with van der Waals surface area (Å²) >= 11 is 0. The zero-order chi connectivity index (χ0) is 21.3. The molecule has 6 nitrogen and oxygen atoms in total. The lowest BCUT2D eigenvalue weighted by Crippen LogP contribution is -2.36. The molecule has 0 fully saturated rings. The van der Waals surface area contributed by atoms with Gasteiger partial charge in [0.1, 0.15) is 11.6 Å². The van der Waals surface area contributed by atoms with Gasteiger partial charge in [0.25, 0.3) is 0 Å². The predicted octanol–water partition coefficient (Wildman–Crippen LogP) is 3.64. The minimum atomic E-state index is -3.23. The van der Waals surface area contributed by atoms with E-state index in [0.717, 1.165) is 17.6 Å². The average molecular weight is 549 g/mol. The van der Waals surface area contributed by atoms with Crippen LogP contribution in [-0.4, -0.2) is 33.8 Å². The SMILES string of the molecule is CCNC(=NCc1cc(F)ccc1CS(C)(=O)=O)NCc1ccccc1OCC.I. The Labute approximate surface area is 195 Å². The van der Waals surface area contributed by atoms with Crippen LogP contribution >= 0.6 is 24.0 Å². The number of sulfone groups is 1. The van der Waals surface area contributed by atoms with E-state index in [1.165, 1.54) is 18.2 Å². The molecule has 0 aliphatic heterocycles. The quantitative estimate of drug-likeness (QED) is 0.284. The second kappa shape index (κ2) is 12.7. The van der Waals surface area contributed by atoms with Crippen molar-refractivity contribution in [3.8, 4) is 5.75 Å². The number of nitrogens with one attached hydrogen (secondary N) is 2. The number of guanidine groups is 1. The Bertz CT molecular complexity index is 952. The van der Waals surface area contributed by atoms with Gasteiger partial charge >= 0.3 is 0 Å². The normalized spacial score (nSPS) is 11.5. The van der Waals surface area contributed by atoms with Gasteiger partial charge in [-0.05, 0) is 43.2 Å². The van der Waals surface area contributed by atoms with Crippen molar-refractivity contribution < 1.29 is 17.5 Å². The number of aliphatic imine (C=N–C) groups is 1. The third-order valence-corrected chi connectivity index (χ3v) is 4.89. The molecule has 0 amide bonds. The van der Waals surface area contributed by atoms with Crippen molar-refractivity contribution >= 4 is 39.8 Å². The van der Waals surface area contributed by atoms with E-state index in [9.17, 15) is 12.8 Å². The molecule has 0 heterocycles. The molecular formula is C21H29FIN3O3S. The number of ether oxygens (including phenoxy) is 1. The first kappa shape index (κ1) is 26.2. The highest BCUT2D eigenvalue weighted by atomic mass is 127. The van der Waals surface area contributed by atoms with Crippen LogP contribution in [0.1, 0.15) is 30.5 Å². The van der Waals surface area contributed by atoms with Crippen molar-refractivity contribution in [3.63, 3.8) is 0 Å². The second-order valence-corrected chi connectivity index (χ2v) is 8.71. The number of benzene rings is 2. The highest BCUT2D eigenvalue weighted by Gasteiger charge is 2.11. The molecule has 0 saturated heterocycles. The molecule has 2 rings (SSSR count). The maximum atomic E-state index is 13.7. The summed E-state index contributed by atoms with van der Waals surface area (Å²) in [5, 5.41) is 6.38. The number of halogens is 2. The summed E-state index contributed by atoms with van der Waals surface area (Å²) in [5.74, 6) is 0.785. The van der Waals surface area contributed by atoms with E-state index < -0.39 is 15.7 Å². The predicted molar refractivity (Wildman–Crippen MR) is 130 cm³/mol. The molecule has 0 spiro atoms. The summed E-state index contributed by atoms with van der Waals surface area (Å²) in [7, 11) is -3.23. The third-order valence-electron chi connectivity index (χ3n) is 4.06. The number of hydrogen-bond donors (Lipinski definition) is 2. The Kier molecular flexibility index (Phi) is 11.1. The van der Waals surface area contributed by atoms with E-state index in [1.807, 2.05) is 38.1 Å². The molecule has 166 valence electrons. The third kappa shape index (κ3) is 8.86. The van der Waals surface area contributed by atoms with Crippen molar-refractivity contribution in [2.75, 3.05) is 19.4 Å². The average Bonchev–Trinajstić information content (AvgIpc) is 2.66. The standard InChI is InChI=1S/C21H28FN3O3S.HI/c1-4-23-21(24-13-16-8-6-7-9-20(16)28-5-2)25-14-18-12-19(22)11-10-17(18)15-29(3,26)27;/h6-12H,4-5,13-15H2,1-3H3,(H2,23,24,25);1H. The van der Waals surface area contributed by atoms with Gasteiger partial charge in [0.05, 0.1) is 18.9 Å². The maximum absolute atomic E-state index is 13.7. The van der Waals surface area contributed by atoms with Crippen LogP contribution in [0.5, 0.6) is 5.75 Å². The molecule has 0 aliphatic carbocycles. The molecule has 30 heavy (non-hydrogen) atoms. The highest BCUT2D eigenvalue weighted by Crippen LogP contribution is 2.18. The summed E-state index contributed by atoms with van der Waals surface area (Å²) in [6.07, 6.45) is 1.16. The van der Waals surface area contributed by atoms with Crippen molar-refractivity contribution in [1.82, 2.24) is 10.6 Å². The first-order valence-corrected chi connectivity index (χ1v) is 11.6. The van der Waals surface area contributed by atoms with E-state index in [-0.39, 0.29) is 36.3 Å². The van der Waals surface area contributed by atoms with Gasteiger partial charge in [0, 0.05) is 24.9 Å². The smallest absolute Gasteiger partial charge is 0.191 e. The van der Waals surface area contributed by atoms with Gasteiger partial charge in [-0.25, -0.2) is 17.8 Å². The first-order chi connectivity index (χ1) is 13.8. The molecule has 0 atom stereocenters. The van der Waals surface area contributed by atoms with Gasteiger partial charge in [0.2, 0.25) is 0 Å². The van der Waals surface area contributed by atoms with Crippen LogP contribution in [0.15, 0.2) is 47.5 Å². The van der Waals surface area contributed by atoms with Crippen molar-refractivity contribution in [1.29, 1.82) is 0 Å². The van der Waals surface area contributed by atoms with Gasteiger partial charge in [-0.15, -0.1) is 24.0 Å². The fourth-order valence-electron chi connectivity index (χ4n) is 2.80. The van der Waals surface area contributed by atoms with Crippen LogP contribution < -0.4 is 15.4 Å². The lowest BCUT2D eigenvalue weighted by atomic mass is 10.1. The molecule has 0 bridgehead atoms. The summed E-state index contributed by atoms with van der Waals surface area (Å²) < 4.78 is 42.6. The molecule has 0 aromatic heterocycles. The minimum Gasteiger partial charge on any atom is -0.494 e. The van der Waals surface area contributed by atoms with Crippen molar-refractivity contribution in [3.05, 3.63) is 65.0 Å². The Morgan fingerprint density at radius 2 is 1.80 bits per heavy atom. The van der Waals surface area contributed by atoms with Crippen LogP contribution in [0.4, 0.5) is 4.39 Å². The fraction of sp³-hybridized carbons (Fsp3) is 0.381. The minimum absolute atomic E-state index is 0. The van der Waals surface area contributed by atoms with E-state index in [1.54, 1.807) is 0 Å². The van der Waals surface area contributed by atoms with Gasteiger partial charge in [-0.3, -0.25) is 0 Å². The van der Waals surface area contributed by atoms with E-state index in [2.05, 4.69) is 15.6 Å². The molecule has 0 aliphatic rings. The Balaban J connectivity index is 0.00000450. The fourth-order valence-corrected chi connectivity index (χ4v) is 3.64. The van der Waals surface area contributed by atoms with Crippen LogP contribution in [0.3, 0.4) is 0 Å². The first-order valence-electron chi connectivity index (χ1n) is 9.50. The van der Waals surface area contributed by atoms with Gasteiger partial charge in [-0.1, -0.05) is 24.3 Å². The van der Waals surface area contributed by atoms with Gasteiger partial charge in [0.15, 0.2) is 15.8 Å². The second-order valence-electron chi connectivity index (χ2n) is 6.57. The zero-order valence-corrected chi connectivity index (χ0v) is 20.6. The summed E-state index contributed by atoms with van der Waals surface area (Å²) in [5.41, 5.74) is 2.08. The van der Waals surface area contributed by atoms with E-state index >= 15 is 0 Å². The molecule has 2 N–H and O–H groups in total. The summed E-state index contributed by atoms with van der Waals surface area (Å²) in [6, 6.07) is 11.8. The van der Waals surface area contributed by atoms with Gasteiger partial charge < -0.3 is 15.4 Å². The largest absolute Gasteiger partial charge is 0.494 e. The Morgan fingerprint density at radius 3 is 2.47 bits per heavy atom. The van der Waals surface area contributed by atoms with Crippen molar-refractivity contribution in [2.45, 2.75) is 32.7 Å². The number of rotatable bonds is 9. The van der Waals surface area contributed by atoms with Gasteiger partial charge in [-0.2, -0.15) is 0 Å². The molecule has 0 saturated carbocycles. The molecule has 0 unspecified atom stereocenters. The Morgan fingerprint density at radius 1 is 1.07 bits per heavy atom. The molecule has 2 aromatic rings. The van der Waals surface area contributed by atoms with E-state index in [4.69, 9.17) is 4.74 Å². The number of nitrogens with zero attached hydrogens (tertiary/aromatic N) is 1. The van der Waals surface area contributed by atoms with Crippen LogP contribution in [0, 0.1) is 5.82 Å². The summed E-state index contributed by atoms with van der Waals surface area (Å²) in [6.45, 7) is 5.77. The topological polar surface area (TPSA) is 79.8 Å². The molecular weight excluding hydrogens is 520 g/mol. The molecule has 0 radical (unpaired) electrons. The van der Waals surface area contributed by atoms with Crippen LogP contribution in [0.25, 0.3) is 0 Å². The lowest BCUT2D eigenvalue weighted by Gasteiger charge is -2.14. The van der Waals surface area contributed by atoms with Crippen LogP contribution in [-0.2, 0) is 28.7 Å².